The summed E-state index contributed by atoms with van der Waals surface area (Å²) in [6.07, 6.45) is 4.69. The first-order valence-corrected chi connectivity index (χ1v) is 14.8. The van der Waals surface area contributed by atoms with E-state index in [0.29, 0.717) is 29.8 Å². The number of fused-ring (bicyclic) bond motifs is 1. The number of ether oxygens (including phenoxy) is 1. The average molecular weight is 604 g/mol. The van der Waals surface area contributed by atoms with Crippen molar-refractivity contribution >= 4 is 40.0 Å². The summed E-state index contributed by atoms with van der Waals surface area (Å²) in [4.78, 5) is 28.4. The quantitative estimate of drug-likeness (QED) is 0.112. The summed E-state index contributed by atoms with van der Waals surface area (Å²) in [5.41, 5.74) is 8.55. The topological polar surface area (TPSA) is 155 Å². The van der Waals surface area contributed by atoms with Crippen molar-refractivity contribution in [2.24, 2.45) is 5.73 Å². The first-order chi connectivity index (χ1) is 19.0. The first-order valence-electron chi connectivity index (χ1n) is 13.4. The van der Waals surface area contributed by atoms with Crippen molar-refractivity contribution in [3.05, 3.63) is 76.4 Å². The molecule has 0 radical (unpaired) electrons. The van der Waals surface area contributed by atoms with Crippen LogP contribution in [0.1, 0.15) is 41.2 Å². The number of nitrogens with one attached hydrogen (secondary N) is 3. The second kappa shape index (κ2) is 13.3. The summed E-state index contributed by atoms with van der Waals surface area (Å²) >= 11 is 0. The molecule has 1 unspecified atom stereocenters. The molecule has 2 aliphatic rings. The van der Waals surface area contributed by atoms with Crippen LogP contribution in [0, 0.1) is 12.3 Å². The van der Waals surface area contributed by atoms with E-state index in [-0.39, 0.29) is 42.6 Å². The van der Waals surface area contributed by atoms with Crippen LogP contribution in [-0.2, 0) is 43.7 Å². The fourth-order valence-corrected chi connectivity index (χ4v) is 6.21. The zero-order chi connectivity index (χ0) is 29.1. The summed E-state index contributed by atoms with van der Waals surface area (Å²) < 4.78 is 34.0. The standard InChI is InChI=1S/C29H37N5O5S.ClH/c1-4-39-28(36)29(12-5-6-13-32-29)26(35)25(30)16-20-8-7-19(2)24(15-20)27(31)33-40(37,38)23-10-9-21-11-14-34(3)18-22(21)17-23;/h5-10,15,17,25,32H,4,11-14,16,18,30H2,1-3H3,(H2,31,33);1H/t25?,29-;/m1./s1. The summed E-state index contributed by atoms with van der Waals surface area (Å²) in [5, 5.41) is 11.6. The Morgan fingerprint density at radius 3 is 2.63 bits per heavy atom. The molecule has 12 heteroatoms. The molecule has 0 amide bonds. The minimum atomic E-state index is -4.00. The van der Waals surface area contributed by atoms with Gasteiger partial charge in [-0.1, -0.05) is 30.4 Å². The molecular formula is C29H38ClN5O5S. The minimum absolute atomic E-state index is 0. The number of aryl methyl sites for hydroxylation is 1. The van der Waals surface area contributed by atoms with E-state index in [1.807, 2.05) is 19.2 Å². The van der Waals surface area contributed by atoms with Crippen LogP contribution in [0.2, 0.25) is 0 Å². The van der Waals surface area contributed by atoms with Gasteiger partial charge in [0.25, 0.3) is 10.0 Å². The number of esters is 1. The average Bonchev–Trinajstić information content (AvgIpc) is 2.93. The smallest absolute Gasteiger partial charge is 0.334 e. The number of halogens is 1. The van der Waals surface area contributed by atoms with Crippen molar-refractivity contribution in [1.29, 1.82) is 5.41 Å². The van der Waals surface area contributed by atoms with Crippen molar-refractivity contribution in [3.63, 3.8) is 0 Å². The van der Waals surface area contributed by atoms with Crippen LogP contribution in [0.5, 0.6) is 0 Å². The first kappa shape index (κ1) is 32.4. The predicted octanol–water partition coefficient (Wildman–Crippen LogP) is 2.00. The Kier molecular flexibility index (Phi) is 10.5. The zero-order valence-electron chi connectivity index (χ0n) is 23.5. The van der Waals surface area contributed by atoms with Gasteiger partial charge in [-0.15, -0.1) is 12.4 Å². The fourth-order valence-electron chi connectivity index (χ4n) is 5.17. The number of ketones is 1. The van der Waals surface area contributed by atoms with Crippen molar-refractivity contribution < 1.29 is 22.7 Å². The highest BCUT2D eigenvalue weighted by molar-refractivity contribution is 7.90. The minimum Gasteiger partial charge on any atom is -0.464 e. The Morgan fingerprint density at radius 2 is 1.95 bits per heavy atom. The number of hydrogen-bond acceptors (Lipinski definition) is 9. The van der Waals surface area contributed by atoms with E-state index in [2.05, 4.69) is 14.9 Å². The van der Waals surface area contributed by atoms with Gasteiger partial charge in [0.1, 0.15) is 5.84 Å². The summed E-state index contributed by atoms with van der Waals surface area (Å²) in [6.45, 7) is 5.51. The number of sulfonamides is 1. The molecule has 2 aliphatic heterocycles. The number of hydrogen-bond donors (Lipinski definition) is 4. The van der Waals surface area contributed by atoms with Crippen LogP contribution in [-0.4, -0.2) is 69.2 Å². The van der Waals surface area contributed by atoms with Gasteiger partial charge in [-0.25, -0.2) is 13.2 Å². The second-order valence-electron chi connectivity index (χ2n) is 10.4. The van der Waals surface area contributed by atoms with Gasteiger partial charge in [0.2, 0.25) is 0 Å². The highest BCUT2D eigenvalue weighted by atomic mass is 35.5. The molecule has 2 aromatic rings. The summed E-state index contributed by atoms with van der Waals surface area (Å²) in [5.74, 6) is -1.42. The molecule has 2 heterocycles. The van der Waals surface area contributed by atoms with Crippen LogP contribution in [0.3, 0.4) is 0 Å². The number of likely N-dealkylation sites (N-methyl/N-ethyl adjacent to an activating group) is 1. The molecule has 222 valence electrons. The third kappa shape index (κ3) is 7.04. The molecule has 2 atom stereocenters. The SMILES string of the molecule is CCOC(=O)[C@]1(C(=O)C(N)Cc2ccc(C)c(C(=N)NS(=O)(=O)c3ccc4c(c3)CN(C)CC4)c2)CC=CCN1.Cl. The normalized spacial score (nSPS) is 19.4. The molecule has 41 heavy (non-hydrogen) atoms. The van der Waals surface area contributed by atoms with E-state index in [1.165, 1.54) is 0 Å². The van der Waals surface area contributed by atoms with E-state index in [0.717, 1.165) is 24.1 Å². The van der Waals surface area contributed by atoms with E-state index in [1.54, 1.807) is 50.3 Å². The molecule has 4 rings (SSSR count). The van der Waals surface area contributed by atoms with Crippen molar-refractivity contribution in [3.8, 4) is 0 Å². The molecular weight excluding hydrogens is 566 g/mol. The van der Waals surface area contributed by atoms with Crippen LogP contribution >= 0.6 is 12.4 Å². The molecule has 10 nitrogen and oxygen atoms in total. The number of Topliss-reactive ketones (excluding diaryl/α,β-unsaturated/α-hetero) is 1. The largest absolute Gasteiger partial charge is 0.464 e. The Bertz CT molecular complexity index is 1460. The summed E-state index contributed by atoms with van der Waals surface area (Å²) in [6, 6.07) is 9.23. The second-order valence-corrected chi connectivity index (χ2v) is 12.1. The van der Waals surface area contributed by atoms with Crippen molar-refractivity contribution in [1.82, 2.24) is 14.9 Å². The highest BCUT2D eigenvalue weighted by Crippen LogP contribution is 2.24. The van der Waals surface area contributed by atoms with Crippen LogP contribution in [0.25, 0.3) is 0 Å². The van der Waals surface area contributed by atoms with Gasteiger partial charge in [-0.3, -0.25) is 20.2 Å². The lowest BCUT2D eigenvalue weighted by atomic mass is 9.82. The van der Waals surface area contributed by atoms with Crippen LogP contribution in [0.15, 0.2) is 53.4 Å². The maximum Gasteiger partial charge on any atom is 0.334 e. The zero-order valence-corrected chi connectivity index (χ0v) is 25.2. The van der Waals surface area contributed by atoms with Gasteiger partial charge >= 0.3 is 5.97 Å². The van der Waals surface area contributed by atoms with Crippen LogP contribution in [0.4, 0.5) is 0 Å². The van der Waals surface area contributed by atoms with E-state index < -0.39 is 33.4 Å². The number of benzene rings is 2. The molecule has 0 aromatic heterocycles. The van der Waals surface area contributed by atoms with Gasteiger partial charge in [-0.2, -0.15) is 0 Å². The molecule has 0 saturated carbocycles. The number of nitrogens with two attached hydrogens (primary N) is 1. The van der Waals surface area contributed by atoms with E-state index in [4.69, 9.17) is 15.9 Å². The molecule has 2 aromatic carbocycles. The lowest BCUT2D eigenvalue weighted by Gasteiger charge is -2.34. The van der Waals surface area contributed by atoms with E-state index >= 15 is 0 Å². The number of carbonyl (C=O) groups excluding carboxylic acids is 2. The van der Waals surface area contributed by atoms with E-state index in [9.17, 15) is 18.0 Å². The Morgan fingerprint density at radius 1 is 1.20 bits per heavy atom. The van der Waals surface area contributed by atoms with Gasteiger partial charge in [-0.05, 0) is 74.2 Å². The Hall–Kier alpha value is -3.09. The third-order valence-electron chi connectivity index (χ3n) is 7.45. The lowest BCUT2D eigenvalue weighted by Crippen LogP contribution is -2.64. The molecule has 0 bridgehead atoms. The van der Waals surface area contributed by atoms with Gasteiger partial charge in [0, 0.05) is 31.6 Å². The molecule has 0 fully saturated rings. The van der Waals surface area contributed by atoms with Gasteiger partial charge < -0.3 is 15.4 Å². The molecule has 5 N–H and O–H groups in total. The maximum absolute atomic E-state index is 13.4. The van der Waals surface area contributed by atoms with Crippen LogP contribution < -0.4 is 15.8 Å². The van der Waals surface area contributed by atoms with Crippen molar-refractivity contribution in [2.75, 3.05) is 26.7 Å². The molecule has 0 saturated heterocycles. The monoisotopic (exact) mass is 603 g/mol. The molecule has 0 aliphatic carbocycles. The lowest BCUT2D eigenvalue weighted by molar-refractivity contribution is -0.155. The predicted molar refractivity (Wildman–Crippen MR) is 160 cm³/mol. The molecule has 0 spiro atoms. The number of carbonyl (C=O) groups is 2. The number of rotatable bonds is 9. The van der Waals surface area contributed by atoms with Gasteiger partial charge in [0.15, 0.2) is 11.3 Å². The Labute approximate surface area is 247 Å². The Balaban J connectivity index is 0.00000462. The number of nitrogens with zero attached hydrogens (tertiary/aromatic N) is 1. The third-order valence-corrected chi connectivity index (χ3v) is 8.80. The number of amidine groups is 1. The van der Waals surface area contributed by atoms with Crippen molar-refractivity contribution in [2.45, 2.75) is 56.1 Å². The maximum atomic E-state index is 13.4. The summed E-state index contributed by atoms with van der Waals surface area (Å²) in [7, 11) is -2.01. The highest BCUT2D eigenvalue weighted by Gasteiger charge is 2.48. The fraction of sp³-hybridized carbons (Fsp3) is 0.414. The van der Waals surface area contributed by atoms with Gasteiger partial charge in [0.05, 0.1) is 17.5 Å².